The van der Waals surface area contributed by atoms with E-state index in [0.29, 0.717) is 12.1 Å². The zero-order chi connectivity index (χ0) is 11.4. The summed E-state index contributed by atoms with van der Waals surface area (Å²) >= 11 is 0. The van der Waals surface area contributed by atoms with Crippen molar-refractivity contribution in [3.8, 4) is 0 Å². The van der Waals surface area contributed by atoms with E-state index in [2.05, 4.69) is 0 Å². The van der Waals surface area contributed by atoms with E-state index in [1.165, 1.54) is 12.1 Å². The monoisotopic (exact) mass is 210 g/mol. The highest BCUT2D eigenvalue weighted by Crippen LogP contribution is 2.17. The van der Waals surface area contributed by atoms with Crippen LogP contribution in [0.25, 0.3) is 0 Å². The molecule has 0 fully saturated rings. The van der Waals surface area contributed by atoms with Gasteiger partial charge in [-0.3, -0.25) is 10.1 Å². The van der Waals surface area contributed by atoms with Gasteiger partial charge in [-0.15, -0.1) is 0 Å². The topological polar surface area (TPSA) is 66.6 Å². The van der Waals surface area contributed by atoms with Crippen molar-refractivity contribution in [1.82, 2.24) is 4.90 Å². The van der Waals surface area contributed by atoms with Crippen LogP contribution in [0, 0.1) is 10.1 Å². The zero-order valence-corrected chi connectivity index (χ0v) is 8.75. The Kier molecular flexibility index (Phi) is 3.76. The molecule has 0 aliphatic carbocycles. The normalized spacial score (nSPS) is 12.8. The van der Waals surface area contributed by atoms with Crippen molar-refractivity contribution in [2.45, 2.75) is 6.10 Å². The molecule has 0 spiro atoms. The number of nitrogens with zero attached hydrogens (tertiary/aromatic N) is 2. The van der Waals surface area contributed by atoms with Crippen LogP contribution in [0.5, 0.6) is 0 Å². The molecule has 0 heterocycles. The number of nitro benzene ring substituents is 1. The fraction of sp³-hybridized carbons (Fsp3) is 0.400. The SMILES string of the molecule is CN(C)C[C@H](O)c1ccc([N+](=O)[O-])cc1. The second-order valence-electron chi connectivity index (χ2n) is 3.63. The van der Waals surface area contributed by atoms with Gasteiger partial charge >= 0.3 is 0 Å². The molecule has 1 atom stereocenters. The summed E-state index contributed by atoms with van der Waals surface area (Å²) in [6.45, 7) is 0.498. The number of non-ortho nitro benzene ring substituents is 1. The predicted molar refractivity (Wildman–Crippen MR) is 56.6 cm³/mol. The van der Waals surface area contributed by atoms with E-state index < -0.39 is 11.0 Å². The highest BCUT2D eigenvalue weighted by atomic mass is 16.6. The van der Waals surface area contributed by atoms with E-state index in [1.54, 1.807) is 12.1 Å². The molecule has 1 aromatic carbocycles. The number of hydrogen-bond acceptors (Lipinski definition) is 4. The Labute approximate surface area is 88.1 Å². The van der Waals surface area contributed by atoms with Gasteiger partial charge in [-0.1, -0.05) is 0 Å². The highest BCUT2D eigenvalue weighted by molar-refractivity contribution is 5.33. The molecule has 1 rings (SSSR count). The summed E-state index contributed by atoms with van der Waals surface area (Å²) in [6.07, 6.45) is -0.610. The summed E-state index contributed by atoms with van der Waals surface area (Å²) < 4.78 is 0. The van der Waals surface area contributed by atoms with Gasteiger partial charge in [0.15, 0.2) is 0 Å². The third-order valence-electron chi connectivity index (χ3n) is 2.03. The van der Waals surface area contributed by atoms with Crippen molar-refractivity contribution < 1.29 is 10.0 Å². The highest BCUT2D eigenvalue weighted by Gasteiger charge is 2.10. The summed E-state index contributed by atoms with van der Waals surface area (Å²) in [5.74, 6) is 0. The molecule has 5 nitrogen and oxygen atoms in total. The van der Waals surface area contributed by atoms with Gasteiger partial charge in [0, 0.05) is 18.7 Å². The first-order chi connectivity index (χ1) is 7.00. The summed E-state index contributed by atoms with van der Waals surface area (Å²) in [7, 11) is 3.71. The molecule has 0 saturated heterocycles. The molecular weight excluding hydrogens is 196 g/mol. The first-order valence-corrected chi connectivity index (χ1v) is 4.58. The van der Waals surface area contributed by atoms with Crippen LogP contribution >= 0.6 is 0 Å². The Morgan fingerprint density at radius 2 is 1.93 bits per heavy atom. The lowest BCUT2D eigenvalue weighted by atomic mass is 10.1. The Morgan fingerprint density at radius 1 is 1.40 bits per heavy atom. The van der Waals surface area contributed by atoms with Crippen LogP contribution in [-0.2, 0) is 0 Å². The molecule has 0 saturated carbocycles. The quantitative estimate of drug-likeness (QED) is 0.598. The number of nitro groups is 1. The molecule has 82 valence electrons. The molecule has 0 aliphatic rings. The van der Waals surface area contributed by atoms with Crippen molar-refractivity contribution in [2.24, 2.45) is 0 Å². The van der Waals surface area contributed by atoms with Crippen LogP contribution in [-0.4, -0.2) is 35.6 Å². The van der Waals surface area contributed by atoms with E-state index in [9.17, 15) is 15.2 Å². The molecule has 1 N–H and O–H groups in total. The van der Waals surface area contributed by atoms with Crippen LogP contribution in [0.3, 0.4) is 0 Å². The van der Waals surface area contributed by atoms with Crippen molar-refractivity contribution in [2.75, 3.05) is 20.6 Å². The molecule has 0 bridgehead atoms. The van der Waals surface area contributed by atoms with Crippen molar-refractivity contribution in [3.63, 3.8) is 0 Å². The van der Waals surface area contributed by atoms with Crippen LogP contribution < -0.4 is 0 Å². The Hall–Kier alpha value is -1.46. The summed E-state index contributed by atoms with van der Waals surface area (Å²) in [5.41, 5.74) is 0.727. The van der Waals surface area contributed by atoms with Gasteiger partial charge in [-0.2, -0.15) is 0 Å². The summed E-state index contributed by atoms with van der Waals surface area (Å²) in [5, 5.41) is 20.1. The van der Waals surface area contributed by atoms with Gasteiger partial charge in [-0.25, -0.2) is 0 Å². The maximum absolute atomic E-state index is 10.4. The van der Waals surface area contributed by atoms with E-state index in [0.717, 1.165) is 0 Å². The molecule has 0 aliphatic heterocycles. The lowest BCUT2D eigenvalue weighted by Crippen LogP contribution is -2.19. The first-order valence-electron chi connectivity index (χ1n) is 4.58. The number of aliphatic hydroxyl groups is 1. The van der Waals surface area contributed by atoms with Gasteiger partial charge in [0.25, 0.3) is 5.69 Å². The maximum atomic E-state index is 10.4. The fourth-order valence-electron chi connectivity index (χ4n) is 1.27. The van der Waals surface area contributed by atoms with Gasteiger partial charge in [0.1, 0.15) is 0 Å². The van der Waals surface area contributed by atoms with Crippen LogP contribution in [0.4, 0.5) is 5.69 Å². The van der Waals surface area contributed by atoms with Crippen LogP contribution in [0.2, 0.25) is 0 Å². The van der Waals surface area contributed by atoms with E-state index in [1.807, 2.05) is 19.0 Å². The number of benzene rings is 1. The number of likely N-dealkylation sites (N-methyl/N-ethyl adjacent to an activating group) is 1. The molecule has 15 heavy (non-hydrogen) atoms. The Bertz CT molecular complexity index is 335. The second kappa shape index (κ2) is 4.86. The number of hydrogen-bond donors (Lipinski definition) is 1. The Morgan fingerprint density at radius 3 is 2.33 bits per heavy atom. The minimum Gasteiger partial charge on any atom is -0.387 e. The molecule has 0 amide bonds. The lowest BCUT2D eigenvalue weighted by molar-refractivity contribution is -0.384. The zero-order valence-electron chi connectivity index (χ0n) is 8.75. The van der Waals surface area contributed by atoms with Crippen molar-refractivity contribution in [1.29, 1.82) is 0 Å². The molecule has 0 aromatic heterocycles. The molecular formula is C10H14N2O3. The third-order valence-corrected chi connectivity index (χ3v) is 2.03. The Balaban J connectivity index is 2.75. The minimum absolute atomic E-state index is 0.0378. The molecule has 0 unspecified atom stereocenters. The standard InChI is InChI=1S/C10H14N2O3/c1-11(2)7-10(13)8-3-5-9(6-4-8)12(14)15/h3-6,10,13H,7H2,1-2H3/t10-/m0/s1. The average Bonchev–Trinajstić information content (AvgIpc) is 2.17. The van der Waals surface area contributed by atoms with Crippen LogP contribution in [0.1, 0.15) is 11.7 Å². The minimum atomic E-state index is -0.610. The molecule has 5 heteroatoms. The largest absolute Gasteiger partial charge is 0.387 e. The average molecular weight is 210 g/mol. The van der Waals surface area contributed by atoms with Gasteiger partial charge < -0.3 is 10.0 Å². The van der Waals surface area contributed by atoms with Gasteiger partial charge in [0.2, 0.25) is 0 Å². The van der Waals surface area contributed by atoms with E-state index in [4.69, 9.17) is 0 Å². The number of aliphatic hydroxyl groups excluding tert-OH is 1. The smallest absolute Gasteiger partial charge is 0.269 e. The van der Waals surface area contributed by atoms with Gasteiger partial charge in [0.05, 0.1) is 11.0 Å². The number of rotatable bonds is 4. The maximum Gasteiger partial charge on any atom is 0.269 e. The van der Waals surface area contributed by atoms with Crippen molar-refractivity contribution >= 4 is 5.69 Å². The summed E-state index contributed by atoms with van der Waals surface area (Å²) in [4.78, 5) is 11.8. The fourth-order valence-corrected chi connectivity index (χ4v) is 1.27. The predicted octanol–water partition coefficient (Wildman–Crippen LogP) is 1.19. The van der Waals surface area contributed by atoms with E-state index >= 15 is 0 Å². The third kappa shape index (κ3) is 3.30. The lowest BCUT2D eigenvalue weighted by Gasteiger charge is -2.15. The first kappa shape index (κ1) is 11.6. The molecule has 1 aromatic rings. The second-order valence-corrected chi connectivity index (χ2v) is 3.63. The van der Waals surface area contributed by atoms with Crippen molar-refractivity contribution in [3.05, 3.63) is 39.9 Å². The molecule has 0 radical (unpaired) electrons. The van der Waals surface area contributed by atoms with Gasteiger partial charge in [-0.05, 0) is 31.8 Å². The summed E-state index contributed by atoms with van der Waals surface area (Å²) in [6, 6.07) is 5.95. The van der Waals surface area contributed by atoms with Crippen LogP contribution in [0.15, 0.2) is 24.3 Å². The van der Waals surface area contributed by atoms with E-state index in [-0.39, 0.29) is 5.69 Å².